The van der Waals surface area contributed by atoms with E-state index in [2.05, 4.69) is 0 Å². The maximum Gasteiger partial charge on any atom is 0.331 e. The lowest BCUT2D eigenvalue weighted by Gasteiger charge is -2.15. The van der Waals surface area contributed by atoms with Crippen molar-refractivity contribution >= 4 is 29.4 Å². The number of rotatable bonds is 6. The minimum absolute atomic E-state index is 0.100. The number of amides is 1. The van der Waals surface area contributed by atoms with Crippen molar-refractivity contribution in [2.75, 3.05) is 18.1 Å². The molecule has 0 unspecified atom stereocenters. The number of anilines is 1. The third kappa shape index (κ3) is 4.91. The zero-order chi connectivity index (χ0) is 19.2. The Labute approximate surface area is 158 Å². The van der Waals surface area contributed by atoms with Gasteiger partial charge in [-0.15, -0.1) is 0 Å². The van der Waals surface area contributed by atoms with Gasteiger partial charge < -0.3 is 9.64 Å². The minimum atomic E-state index is -0.566. The van der Waals surface area contributed by atoms with Gasteiger partial charge in [-0.25, -0.2) is 4.79 Å². The highest BCUT2D eigenvalue weighted by Gasteiger charge is 2.21. The van der Waals surface area contributed by atoms with Crippen molar-refractivity contribution in [1.29, 1.82) is 0 Å². The number of ketones is 1. The Morgan fingerprint density at radius 3 is 2.59 bits per heavy atom. The van der Waals surface area contributed by atoms with E-state index in [1.807, 2.05) is 31.2 Å². The second-order valence-corrected chi connectivity index (χ2v) is 6.47. The Balaban J connectivity index is 1.52. The van der Waals surface area contributed by atoms with Crippen LogP contribution in [0.25, 0.3) is 6.08 Å². The molecule has 0 radical (unpaired) electrons. The molecule has 1 saturated heterocycles. The quantitative estimate of drug-likeness (QED) is 0.447. The number of hydrogen-bond acceptors (Lipinski definition) is 4. The van der Waals surface area contributed by atoms with Crippen LogP contribution in [0.3, 0.4) is 0 Å². The van der Waals surface area contributed by atoms with Gasteiger partial charge in [0.25, 0.3) is 0 Å². The molecule has 1 amide bonds. The van der Waals surface area contributed by atoms with Gasteiger partial charge >= 0.3 is 5.97 Å². The number of hydrogen-bond donors (Lipinski definition) is 0. The second kappa shape index (κ2) is 8.45. The van der Waals surface area contributed by atoms with Crippen LogP contribution in [0, 0.1) is 6.92 Å². The lowest BCUT2D eigenvalue weighted by Crippen LogP contribution is -2.23. The van der Waals surface area contributed by atoms with Crippen LogP contribution < -0.4 is 4.90 Å². The normalized spacial score (nSPS) is 14.0. The molecule has 0 spiro atoms. The van der Waals surface area contributed by atoms with Gasteiger partial charge in [0, 0.05) is 30.3 Å². The van der Waals surface area contributed by atoms with E-state index in [1.54, 1.807) is 35.2 Å². The summed E-state index contributed by atoms with van der Waals surface area (Å²) in [6.07, 6.45) is 4.38. The lowest BCUT2D eigenvalue weighted by atomic mass is 10.1. The van der Waals surface area contributed by atoms with E-state index in [-0.39, 0.29) is 18.3 Å². The molecule has 1 aliphatic heterocycles. The zero-order valence-corrected chi connectivity index (χ0v) is 15.2. The summed E-state index contributed by atoms with van der Waals surface area (Å²) in [7, 11) is 0. The van der Waals surface area contributed by atoms with Crippen LogP contribution in [0.15, 0.2) is 54.6 Å². The fourth-order valence-corrected chi connectivity index (χ4v) is 2.95. The predicted octanol–water partition coefficient (Wildman–Crippen LogP) is 3.56. The third-order valence-corrected chi connectivity index (χ3v) is 4.37. The summed E-state index contributed by atoms with van der Waals surface area (Å²) in [5, 5.41) is 0. The summed E-state index contributed by atoms with van der Waals surface area (Å²) in [5.74, 6) is -0.751. The third-order valence-electron chi connectivity index (χ3n) is 4.37. The Hall–Kier alpha value is -3.21. The molecule has 3 rings (SSSR count). The summed E-state index contributed by atoms with van der Waals surface area (Å²) < 4.78 is 5.02. The van der Waals surface area contributed by atoms with Gasteiger partial charge in [-0.2, -0.15) is 0 Å². The predicted molar refractivity (Wildman–Crippen MR) is 104 cm³/mol. The fraction of sp³-hybridized carbons (Fsp3) is 0.227. The van der Waals surface area contributed by atoms with E-state index < -0.39 is 5.97 Å². The average molecular weight is 363 g/mol. The summed E-state index contributed by atoms with van der Waals surface area (Å²) in [6, 6.07) is 14.5. The van der Waals surface area contributed by atoms with Crippen LogP contribution in [0.2, 0.25) is 0 Å². The summed E-state index contributed by atoms with van der Waals surface area (Å²) in [5.41, 5.74) is 3.22. The standard InChI is InChI=1S/C22H21NO4/c1-16-4-2-5-17(14-16)7-12-22(26)27-15-20(24)18-8-10-19(11-9-18)23-13-3-6-21(23)25/h2,4-5,7-12,14H,3,6,13,15H2,1H3/b12-7+. The maximum absolute atomic E-state index is 12.2. The van der Waals surface area contributed by atoms with Crippen molar-refractivity contribution in [2.24, 2.45) is 0 Å². The molecule has 0 N–H and O–H groups in total. The first kappa shape index (κ1) is 18.6. The summed E-state index contributed by atoms with van der Waals surface area (Å²) in [4.78, 5) is 37.4. The van der Waals surface area contributed by atoms with Gasteiger partial charge in [0.2, 0.25) is 5.91 Å². The molecule has 2 aromatic rings. The van der Waals surface area contributed by atoms with Gasteiger partial charge in [-0.05, 0) is 49.2 Å². The van der Waals surface area contributed by atoms with Crippen LogP contribution in [0.1, 0.15) is 34.3 Å². The molecule has 5 nitrogen and oxygen atoms in total. The molecule has 5 heteroatoms. The molecule has 2 aromatic carbocycles. The van der Waals surface area contributed by atoms with Crippen molar-refractivity contribution < 1.29 is 19.1 Å². The van der Waals surface area contributed by atoms with Crippen LogP contribution in [-0.4, -0.2) is 30.8 Å². The molecule has 138 valence electrons. The Morgan fingerprint density at radius 1 is 1.15 bits per heavy atom. The zero-order valence-electron chi connectivity index (χ0n) is 15.2. The smallest absolute Gasteiger partial charge is 0.331 e. The topological polar surface area (TPSA) is 63.7 Å². The van der Waals surface area contributed by atoms with Crippen molar-refractivity contribution in [3.8, 4) is 0 Å². The lowest BCUT2D eigenvalue weighted by molar-refractivity contribution is -0.136. The second-order valence-electron chi connectivity index (χ2n) is 6.47. The van der Waals surface area contributed by atoms with Crippen molar-refractivity contribution in [2.45, 2.75) is 19.8 Å². The van der Waals surface area contributed by atoms with Gasteiger partial charge in [0.1, 0.15) is 0 Å². The SMILES string of the molecule is Cc1cccc(/C=C/C(=O)OCC(=O)c2ccc(N3CCCC3=O)cc2)c1. The molecule has 0 bridgehead atoms. The van der Waals surface area contributed by atoms with Crippen LogP contribution in [-0.2, 0) is 14.3 Å². The molecule has 0 saturated carbocycles. The summed E-state index contributed by atoms with van der Waals surface area (Å²) >= 11 is 0. The largest absolute Gasteiger partial charge is 0.454 e. The monoisotopic (exact) mass is 363 g/mol. The number of ether oxygens (including phenoxy) is 1. The molecule has 27 heavy (non-hydrogen) atoms. The van der Waals surface area contributed by atoms with Crippen molar-refractivity contribution in [1.82, 2.24) is 0 Å². The highest BCUT2D eigenvalue weighted by Crippen LogP contribution is 2.21. The van der Waals surface area contributed by atoms with Crippen LogP contribution in [0.4, 0.5) is 5.69 Å². The number of carbonyl (C=O) groups is 3. The number of esters is 1. The van der Waals surface area contributed by atoms with E-state index in [0.717, 1.165) is 23.2 Å². The molecular weight excluding hydrogens is 342 g/mol. The van der Waals surface area contributed by atoms with Gasteiger partial charge in [-0.3, -0.25) is 9.59 Å². The molecular formula is C22H21NO4. The van der Waals surface area contributed by atoms with E-state index in [0.29, 0.717) is 18.5 Å². The molecule has 0 aliphatic carbocycles. The number of aryl methyl sites for hydroxylation is 1. The first-order chi connectivity index (χ1) is 13.0. The van der Waals surface area contributed by atoms with Crippen molar-refractivity contribution in [3.63, 3.8) is 0 Å². The van der Waals surface area contributed by atoms with Gasteiger partial charge in [-0.1, -0.05) is 29.8 Å². The minimum Gasteiger partial charge on any atom is -0.454 e. The van der Waals surface area contributed by atoms with Crippen LogP contribution >= 0.6 is 0 Å². The molecule has 0 aromatic heterocycles. The maximum atomic E-state index is 12.2. The first-order valence-corrected chi connectivity index (χ1v) is 8.88. The average Bonchev–Trinajstić information content (AvgIpc) is 3.10. The van der Waals surface area contributed by atoms with E-state index >= 15 is 0 Å². The number of benzene rings is 2. The molecule has 1 aliphatic rings. The molecule has 0 atom stereocenters. The Morgan fingerprint density at radius 2 is 1.93 bits per heavy atom. The molecule has 1 fully saturated rings. The van der Waals surface area contributed by atoms with E-state index in [9.17, 15) is 14.4 Å². The van der Waals surface area contributed by atoms with Crippen molar-refractivity contribution in [3.05, 3.63) is 71.3 Å². The van der Waals surface area contributed by atoms with E-state index in [4.69, 9.17) is 4.74 Å². The fourth-order valence-electron chi connectivity index (χ4n) is 2.95. The number of nitrogens with zero attached hydrogens (tertiary/aromatic N) is 1. The summed E-state index contributed by atoms with van der Waals surface area (Å²) in [6.45, 7) is 2.36. The van der Waals surface area contributed by atoms with Gasteiger partial charge in [0.15, 0.2) is 12.4 Å². The number of carbonyl (C=O) groups excluding carboxylic acids is 3. The Kier molecular flexibility index (Phi) is 5.81. The Bertz CT molecular complexity index is 883. The van der Waals surface area contributed by atoms with Gasteiger partial charge in [0.05, 0.1) is 0 Å². The van der Waals surface area contributed by atoms with E-state index in [1.165, 1.54) is 6.08 Å². The highest BCUT2D eigenvalue weighted by molar-refractivity contribution is 6.00. The molecule has 1 heterocycles. The van der Waals surface area contributed by atoms with Crippen LogP contribution in [0.5, 0.6) is 0 Å². The number of Topliss-reactive ketones (excluding diaryl/α,β-unsaturated/α-hetero) is 1. The first-order valence-electron chi connectivity index (χ1n) is 8.88. The highest BCUT2D eigenvalue weighted by atomic mass is 16.5.